The molecule has 4 saturated heterocycles. The molecule has 1 aromatic carbocycles. The number of nitrogens with one attached hydrogen (secondary N) is 2. The molecule has 1 spiro atoms. The minimum absolute atomic E-state index is 0.0160. The lowest BCUT2D eigenvalue weighted by atomic mass is 9.79. The summed E-state index contributed by atoms with van der Waals surface area (Å²) in [4.78, 5) is 45.0. The molecule has 13 nitrogen and oxygen atoms in total. The van der Waals surface area contributed by atoms with Crippen LogP contribution in [-0.2, 0) is 23.8 Å². The van der Waals surface area contributed by atoms with Crippen LogP contribution < -0.4 is 15.4 Å². The van der Waals surface area contributed by atoms with E-state index >= 15 is 4.39 Å². The number of carbonyl (C=O) groups excluding carboxylic acids is 3. The first kappa shape index (κ1) is 37.8. The van der Waals surface area contributed by atoms with E-state index in [-0.39, 0.29) is 53.3 Å². The fourth-order valence-corrected chi connectivity index (χ4v) is 9.52. The van der Waals surface area contributed by atoms with Crippen molar-refractivity contribution in [1.29, 1.82) is 0 Å². The summed E-state index contributed by atoms with van der Waals surface area (Å²) in [7, 11) is 0. The van der Waals surface area contributed by atoms with Gasteiger partial charge in [0.15, 0.2) is 6.10 Å². The van der Waals surface area contributed by atoms with Gasteiger partial charge in [-0.05, 0) is 81.3 Å². The summed E-state index contributed by atoms with van der Waals surface area (Å²) >= 11 is 0. The van der Waals surface area contributed by atoms with Crippen LogP contribution in [0.4, 0.5) is 23.2 Å². The van der Waals surface area contributed by atoms with Crippen LogP contribution in [0.5, 0.6) is 5.75 Å². The summed E-state index contributed by atoms with van der Waals surface area (Å²) in [5, 5.41) is 10.2. The second-order valence-corrected chi connectivity index (χ2v) is 16.7. The van der Waals surface area contributed by atoms with Gasteiger partial charge in [0.1, 0.15) is 35.5 Å². The summed E-state index contributed by atoms with van der Waals surface area (Å²) in [6.45, 7) is 2.21. The standard InChI is InChI=1S/C39H48F4N6O7/c40-27-15-26-30(48-18-32(39(41,42)43)55-21-33(48)50)17-38(8-11-47(12-9-38)25-19-54-20-25)56-31(26)16-28(27)45-37(52)35(34(22-1-2-22)23-3-4-23)46-36(51)29-5-10-44-49(29)24-6-13-53-14-7-24/h5,10,15-16,22-25,30,32,34-35H,1-4,6-9,11-14,17-21H2,(H,45,52)(H,46,51)/t30?,32?,35-/m0/s1. The van der Waals surface area contributed by atoms with E-state index in [1.54, 1.807) is 16.9 Å². The van der Waals surface area contributed by atoms with Crippen LogP contribution in [0.15, 0.2) is 24.4 Å². The van der Waals surface area contributed by atoms with Crippen molar-refractivity contribution in [1.82, 2.24) is 24.9 Å². The van der Waals surface area contributed by atoms with E-state index in [1.165, 1.54) is 6.07 Å². The number of benzene rings is 1. The molecule has 3 atom stereocenters. The van der Waals surface area contributed by atoms with Gasteiger partial charge < -0.3 is 34.5 Å². The molecule has 0 radical (unpaired) electrons. The summed E-state index contributed by atoms with van der Waals surface area (Å²) in [5.74, 6) is -1.89. The maximum absolute atomic E-state index is 16.3. The van der Waals surface area contributed by atoms with E-state index in [0.29, 0.717) is 70.9 Å². The van der Waals surface area contributed by atoms with Gasteiger partial charge in [0.25, 0.3) is 5.91 Å². The molecule has 6 heterocycles. The monoisotopic (exact) mass is 788 g/mol. The quantitative estimate of drug-likeness (QED) is 0.336. The maximum atomic E-state index is 16.3. The fourth-order valence-electron chi connectivity index (χ4n) is 9.52. The average Bonchev–Trinajstić information content (AvgIpc) is 4.11. The number of halogens is 4. The molecular formula is C39H48F4N6O7. The highest BCUT2D eigenvalue weighted by atomic mass is 19.4. The van der Waals surface area contributed by atoms with Gasteiger partial charge >= 0.3 is 6.18 Å². The van der Waals surface area contributed by atoms with Crippen molar-refractivity contribution in [3.63, 3.8) is 0 Å². The Morgan fingerprint density at radius 2 is 1.68 bits per heavy atom. The Morgan fingerprint density at radius 3 is 2.32 bits per heavy atom. The normalized spacial score (nSPS) is 26.7. The summed E-state index contributed by atoms with van der Waals surface area (Å²) in [5.41, 5.74) is -0.452. The van der Waals surface area contributed by atoms with E-state index < -0.39 is 66.7 Å². The third kappa shape index (κ3) is 7.51. The van der Waals surface area contributed by atoms with Crippen molar-refractivity contribution in [2.75, 3.05) is 58.0 Å². The van der Waals surface area contributed by atoms with E-state index in [1.807, 2.05) is 0 Å². The molecule has 17 heteroatoms. The zero-order valence-corrected chi connectivity index (χ0v) is 31.1. The lowest BCUT2D eigenvalue weighted by Crippen LogP contribution is -2.59. The number of morpholine rings is 1. The molecule has 2 unspecified atom stereocenters. The van der Waals surface area contributed by atoms with E-state index in [0.717, 1.165) is 36.6 Å². The number of ether oxygens (including phenoxy) is 4. The molecule has 9 rings (SSSR count). The fraction of sp³-hybridized carbons (Fsp3) is 0.692. The second kappa shape index (κ2) is 14.9. The Kier molecular flexibility index (Phi) is 10.0. The molecule has 1 aromatic heterocycles. The van der Waals surface area contributed by atoms with Gasteiger partial charge in [-0.1, -0.05) is 0 Å². The zero-order chi connectivity index (χ0) is 38.8. The molecule has 7 aliphatic rings. The molecule has 304 valence electrons. The van der Waals surface area contributed by atoms with E-state index in [4.69, 9.17) is 18.9 Å². The third-order valence-electron chi connectivity index (χ3n) is 13.0. The highest BCUT2D eigenvalue weighted by Crippen LogP contribution is 2.52. The number of nitrogens with zero attached hydrogens (tertiary/aromatic N) is 4. The minimum Gasteiger partial charge on any atom is -0.487 e. The number of hydrogen-bond acceptors (Lipinski definition) is 9. The Morgan fingerprint density at radius 1 is 0.964 bits per heavy atom. The number of rotatable bonds is 10. The highest BCUT2D eigenvalue weighted by molar-refractivity contribution is 6.01. The maximum Gasteiger partial charge on any atom is 0.416 e. The van der Waals surface area contributed by atoms with Crippen molar-refractivity contribution < 1.29 is 50.9 Å². The number of hydrogen-bond donors (Lipinski definition) is 2. The van der Waals surface area contributed by atoms with Crippen LogP contribution >= 0.6 is 0 Å². The van der Waals surface area contributed by atoms with Crippen molar-refractivity contribution in [3.8, 4) is 5.75 Å². The van der Waals surface area contributed by atoms with E-state index in [9.17, 15) is 27.6 Å². The largest absolute Gasteiger partial charge is 0.487 e. The predicted molar refractivity (Wildman–Crippen MR) is 190 cm³/mol. The average molecular weight is 789 g/mol. The Hall–Kier alpha value is -3.80. The first-order chi connectivity index (χ1) is 27.0. The van der Waals surface area contributed by atoms with Crippen molar-refractivity contribution in [2.24, 2.45) is 17.8 Å². The number of alkyl halides is 3. The second-order valence-electron chi connectivity index (χ2n) is 16.7. The first-order valence-electron chi connectivity index (χ1n) is 20.0. The molecule has 6 fully saturated rings. The topological polar surface area (TPSA) is 136 Å². The number of carbonyl (C=O) groups is 3. The number of anilines is 1. The van der Waals surface area contributed by atoms with Crippen LogP contribution in [0, 0.1) is 23.6 Å². The smallest absolute Gasteiger partial charge is 0.416 e. The van der Waals surface area contributed by atoms with Gasteiger partial charge in [0.05, 0.1) is 43.6 Å². The number of aromatic nitrogens is 2. The van der Waals surface area contributed by atoms with Crippen molar-refractivity contribution >= 4 is 23.4 Å². The van der Waals surface area contributed by atoms with Crippen LogP contribution in [0.1, 0.15) is 85.9 Å². The zero-order valence-electron chi connectivity index (χ0n) is 31.1. The Labute approximate surface area is 321 Å². The lowest BCUT2D eigenvalue weighted by Gasteiger charge is -2.51. The third-order valence-corrected chi connectivity index (χ3v) is 13.0. The van der Waals surface area contributed by atoms with Gasteiger partial charge in [-0.25, -0.2) is 4.39 Å². The molecule has 5 aliphatic heterocycles. The van der Waals surface area contributed by atoms with Crippen LogP contribution in [-0.4, -0.2) is 120 Å². The number of likely N-dealkylation sites (tertiary alicyclic amines) is 1. The number of amides is 3. The predicted octanol–water partition coefficient (Wildman–Crippen LogP) is 4.39. The first-order valence-corrected chi connectivity index (χ1v) is 20.0. The summed E-state index contributed by atoms with van der Waals surface area (Å²) in [6.07, 6.45) is 1.09. The highest BCUT2D eigenvalue weighted by Gasteiger charge is 2.52. The lowest BCUT2D eigenvalue weighted by molar-refractivity contribution is -0.238. The molecule has 2 N–H and O–H groups in total. The Bertz CT molecular complexity index is 1800. The number of fused-ring (bicyclic) bond motifs is 1. The van der Waals surface area contributed by atoms with Crippen LogP contribution in [0.25, 0.3) is 0 Å². The van der Waals surface area contributed by atoms with Crippen LogP contribution in [0.2, 0.25) is 0 Å². The van der Waals surface area contributed by atoms with E-state index in [2.05, 4.69) is 20.6 Å². The minimum atomic E-state index is -4.70. The SMILES string of the molecule is O=C(N[C@H](C(=O)Nc1cc2c(cc1F)C(N1CC(C(F)(F)F)OCC1=O)CC1(CCN(C3COC3)CC1)O2)C(C1CC1)C1CC1)c1ccnn1C1CCOCC1. The van der Waals surface area contributed by atoms with Crippen molar-refractivity contribution in [3.05, 3.63) is 41.5 Å². The summed E-state index contributed by atoms with van der Waals surface area (Å²) in [6, 6.07) is 2.58. The molecule has 2 saturated carbocycles. The van der Waals surface area contributed by atoms with Gasteiger partial charge in [0, 0.05) is 50.6 Å². The van der Waals surface area contributed by atoms with Gasteiger partial charge in [-0.2, -0.15) is 18.3 Å². The molecule has 0 bridgehead atoms. The number of piperidine rings is 1. The van der Waals surface area contributed by atoms with Crippen LogP contribution in [0.3, 0.4) is 0 Å². The van der Waals surface area contributed by atoms with Gasteiger partial charge in [-0.3, -0.25) is 24.0 Å². The van der Waals surface area contributed by atoms with Gasteiger partial charge in [-0.15, -0.1) is 0 Å². The molecule has 2 aliphatic carbocycles. The molecule has 2 aromatic rings. The Balaban J connectivity index is 1.00. The molecule has 3 amide bonds. The summed E-state index contributed by atoms with van der Waals surface area (Å²) < 4.78 is 82.2. The molecular weight excluding hydrogens is 740 g/mol. The van der Waals surface area contributed by atoms with Crippen molar-refractivity contribution in [2.45, 2.75) is 99.8 Å². The molecule has 56 heavy (non-hydrogen) atoms. The van der Waals surface area contributed by atoms with Gasteiger partial charge in [0.2, 0.25) is 11.8 Å².